The van der Waals surface area contributed by atoms with Crippen molar-refractivity contribution in [2.75, 3.05) is 5.33 Å². The molecule has 0 fully saturated rings. The van der Waals surface area contributed by atoms with Crippen molar-refractivity contribution in [2.24, 2.45) is 0 Å². The van der Waals surface area contributed by atoms with E-state index in [9.17, 15) is 0 Å². The number of hydrogen-bond acceptors (Lipinski definition) is 1. The van der Waals surface area contributed by atoms with E-state index in [4.69, 9.17) is 5.26 Å². The second-order valence-corrected chi connectivity index (χ2v) is 2.16. The Morgan fingerprint density at radius 1 is 1.62 bits per heavy atom. The van der Waals surface area contributed by atoms with Gasteiger partial charge >= 0.3 is 0 Å². The zero-order valence-corrected chi connectivity index (χ0v) is 6.19. The van der Waals surface area contributed by atoms with Gasteiger partial charge in [-0.3, -0.25) is 0 Å². The Balaban J connectivity index is 2.94. The Bertz CT molecular complexity index is 102. The van der Waals surface area contributed by atoms with Gasteiger partial charge in [0.2, 0.25) is 0 Å². The van der Waals surface area contributed by atoms with E-state index in [1.54, 1.807) is 0 Å². The molecule has 0 bridgehead atoms. The molecule has 0 saturated carbocycles. The maximum Gasteiger partial charge on any atom is 0.0908 e. The first kappa shape index (κ1) is 7.71. The number of alkyl halides is 1. The smallest absolute Gasteiger partial charge is 0.0908 e. The molecule has 0 amide bonds. The molecule has 0 unspecified atom stereocenters. The van der Waals surface area contributed by atoms with Crippen molar-refractivity contribution in [3.8, 4) is 6.07 Å². The van der Waals surface area contributed by atoms with E-state index in [1.807, 2.05) is 12.1 Å². The molecule has 0 heterocycles. The highest BCUT2D eigenvalue weighted by Gasteiger charge is 1.75. The molecule has 0 aliphatic rings. The molecule has 44 valence electrons. The molecular weight excluding hydrogens is 166 g/mol. The summed E-state index contributed by atoms with van der Waals surface area (Å²) >= 11 is 3.28. The average molecular weight is 174 g/mol. The Kier molecular flexibility index (Phi) is 6.47. The lowest BCUT2D eigenvalue weighted by Gasteiger charge is -1.81. The van der Waals surface area contributed by atoms with E-state index in [0.29, 0.717) is 0 Å². The van der Waals surface area contributed by atoms with Gasteiger partial charge in [-0.1, -0.05) is 22.0 Å². The molecule has 0 radical (unpaired) electrons. The summed E-state index contributed by atoms with van der Waals surface area (Å²) in [4.78, 5) is 0. The van der Waals surface area contributed by atoms with Crippen molar-refractivity contribution in [3.63, 3.8) is 0 Å². The molecule has 0 aliphatic heterocycles. The van der Waals surface area contributed by atoms with Crippen LogP contribution < -0.4 is 0 Å². The predicted molar refractivity (Wildman–Crippen MR) is 37.8 cm³/mol. The fraction of sp³-hybridized carbons (Fsp3) is 0.500. The number of hydrogen-bond donors (Lipinski definition) is 0. The summed E-state index contributed by atoms with van der Waals surface area (Å²) in [5, 5.41) is 9.03. The third-order valence-corrected chi connectivity index (χ3v) is 1.26. The van der Waals surface area contributed by atoms with Crippen LogP contribution >= 0.6 is 15.9 Å². The highest BCUT2D eigenvalue weighted by molar-refractivity contribution is 9.09. The lowest BCUT2D eigenvalue weighted by molar-refractivity contribution is 0.979. The van der Waals surface area contributed by atoms with E-state index in [0.717, 1.165) is 18.2 Å². The molecular formula is C6H8BrN. The first-order chi connectivity index (χ1) is 3.91. The molecule has 0 aliphatic carbocycles. The summed E-state index contributed by atoms with van der Waals surface area (Å²) in [7, 11) is 0. The van der Waals surface area contributed by atoms with Crippen molar-refractivity contribution in [1.29, 1.82) is 5.26 Å². The lowest BCUT2D eigenvalue weighted by atomic mass is 10.3. The summed E-state index contributed by atoms with van der Waals surface area (Å²) in [5.74, 6) is 0. The van der Waals surface area contributed by atoms with Gasteiger partial charge in [-0.15, -0.1) is 0 Å². The van der Waals surface area contributed by atoms with E-state index < -0.39 is 0 Å². The highest BCUT2D eigenvalue weighted by Crippen LogP contribution is 1.93. The molecule has 0 saturated heterocycles. The fourth-order valence-corrected chi connectivity index (χ4v) is 0.655. The molecule has 1 nitrogen and oxygen atoms in total. The van der Waals surface area contributed by atoms with E-state index >= 15 is 0 Å². The number of halogens is 1. The van der Waals surface area contributed by atoms with E-state index in [-0.39, 0.29) is 0 Å². The van der Waals surface area contributed by atoms with Crippen LogP contribution in [0.3, 0.4) is 0 Å². The van der Waals surface area contributed by atoms with Crippen molar-refractivity contribution in [3.05, 3.63) is 12.2 Å². The van der Waals surface area contributed by atoms with Crippen LogP contribution in [0.15, 0.2) is 12.2 Å². The molecule has 0 rings (SSSR count). The molecule has 0 spiro atoms. The van der Waals surface area contributed by atoms with Gasteiger partial charge in [0, 0.05) is 11.4 Å². The predicted octanol–water partition coefficient (Wildman–Crippen LogP) is 2.24. The van der Waals surface area contributed by atoms with Crippen LogP contribution in [0, 0.1) is 11.3 Å². The van der Waals surface area contributed by atoms with Crippen LogP contribution in [0.25, 0.3) is 0 Å². The monoisotopic (exact) mass is 173 g/mol. The molecule has 8 heavy (non-hydrogen) atoms. The molecule has 2 heteroatoms. The van der Waals surface area contributed by atoms with Crippen LogP contribution in [-0.4, -0.2) is 5.33 Å². The minimum absolute atomic E-state index is 0.999. The van der Waals surface area contributed by atoms with Crippen LogP contribution in [0.5, 0.6) is 0 Å². The normalized spacial score (nSPS) is 9.50. The second kappa shape index (κ2) is 6.71. The van der Waals surface area contributed by atoms with Gasteiger partial charge in [0.25, 0.3) is 0 Å². The maximum atomic E-state index is 8.02. The Morgan fingerprint density at radius 2 is 2.38 bits per heavy atom. The van der Waals surface area contributed by atoms with Crippen LogP contribution in [-0.2, 0) is 0 Å². The molecule has 0 N–H and O–H groups in total. The first-order valence-corrected chi connectivity index (χ1v) is 3.64. The third kappa shape index (κ3) is 5.71. The van der Waals surface area contributed by atoms with Gasteiger partial charge in [0.05, 0.1) is 6.07 Å². The van der Waals surface area contributed by atoms with E-state index in [2.05, 4.69) is 15.9 Å². The average Bonchev–Trinajstić information content (AvgIpc) is 1.81. The lowest BCUT2D eigenvalue weighted by Crippen LogP contribution is -1.68. The zero-order chi connectivity index (χ0) is 6.24. The third-order valence-electron chi connectivity index (χ3n) is 0.697. The Morgan fingerprint density at radius 3 is 2.88 bits per heavy atom. The van der Waals surface area contributed by atoms with Gasteiger partial charge < -0.3 is 0 Å². The Hall–Kier alpha value is -0.290. The standard InChI is InChI=1S/C6H8BrN/c7-5-3-1-2-4-6-8/h2,4H,1,3,5H2. The summed E-state index contributed by atoms with van der Waals surface area (Å²) in [6.07, 6.45) is 5.50. The van der Waals surface area contributed by atoms with Crippen molar-refractivity contribution < 1.29 is 0 Å². The summed E-state index contributed by atoms with van der Waals surface area (Å²) in [6.45, 7) is 0. The molecule has 0 aromatic heterocycles. The zero-order valence-electron chi connectivity index (χ0n) is 4.60. The van der Waals surface area contributed by atoms with Gasteiger partial charge in [0.15, 0.2) is 0 Å². The van der Waals surface area contributed by atoms with Gasteiger partial charge in [-0.25, -0.2) is 0 Å². The first-order valence-electron chi connectivity index (χ1n) is 2.52. The molecule has 0 aromatic carbocycles. The minimum Gasteiger partial charge on any atom is -0.193 e. The Labute approximate surface area is 58.1 Å². The molecule has 0 atom stereocenters. The van der Waals surface area contributed by atoms with Gasteiger partial charge in [-0.2, -0.15) is 5.26 Å². The quantitative estimate of drug-likeness (QED) is 0.365. The SMILES string of the molecule is N#CC=CCCCBr. The second-order valence-electron chi connectivity index (χ2n) is 1.36. The number of nitrogens with zero attached hydrogens (tertiary/aromatic N) is 1. The van der Waals surface area contributed by atoms with Crippen LogP contribution in [0.4, 0.5) is 0 Å². The molecule has 0 aromatic rings. The largest absolute Gasteiger partial charge is 0.193 e. The number of nitriles is 1. The summed E-state index contributed by atoms with van der Waals surface area (Å²) < 4.78 is 0. The number of rotatable bonds is 3. The van der Waals surface area contributed by atoms with Gasteiger partial charge in [-0.05, 0) is 12.8 Å². The van der Waals surface area contributed by atoms with Crippen LogP contribution in [0.1, 0.15) is 12.8 Å². The summed E-state index contributed by atoms with van der Waals surface area (Å²) in [6, 6.07) is 1.93. The number of allylic oxidation sites excluding steroid dienone is 2. The highest BCUT2D eigenvalue weighted by atomic mass is 79.9. The van der Waals surface area contributed by atoms with Crippen molar-refractivity contribution in [2.45, 2.75) is 12.8 Å². The summed E-state index contributed by atoms with van der Waals surface area (Å²) in [5.41, 5.74) is 0. The van der Waals surface area contributed by atoms with Gasteiger partial charge in [0.1, 0.15) is 0 Å². The van der Waals surface area contributed by atoms with E-state index in [1.165, 1.54) is 6.08 Å². The topological polar surface area (TPSA) is 23.8 Å². The number of unbranched alkanes of at least 4 members (excludes halogenated alkanes) is 1. The minimum atomic E-state index is 0.999. The van der Waals surface area contributed by atoms with Crippen molar-refractivity contribution in [1.82, 2.24) is 0 Å². The maximum absolute atomic E-state index is 8.02. The van der Waals surface area contributed by atoms with Crippen molar-refractivity contribution >= 4 is 15.9 Å². The van der Waals surface area contributed by atoms with Crippen LogP contribution in [0.2, 0.25) is 0 Å². The fourth-order valence-electron chi connectivity index (χ4n) is 0.331.